The molecule has 0 unspecified atom stereocenters. The fourth-order valence-corrected chi connectivity index (χ4v) is 1.07. The summed E-state index contributed by atoms with van der Waals surface area (Å²) in [4.78, 5) is 10.3. The highest BCUT2D eigenvalue weighted by Gasteiger charge is 2.01. The Hall–Kier alpha value is -1.22. The van der Waals surface area contributed by atoms with E-state index in [1.54, 1.807) is 6.07 Å². The summed E-state index contributed by atoms with van der Waals surface area (Å²) in [5.41, 5.74) is 1.69. The van der Waals surface area contributed by atoms with Crippen molar-refractivity contribution in [1.82, 2.24) is 0 Å². The van der Waals surface area contributed by atoms with Crippen molar-refractivity contribution in [3.63, 3.8) is 0 Å². The first-order valence-corrected chi connectivity index (χ1v) is 3.82. The van der Waals surface area contributed by atoms with Crippen molar-refractivity contribution in [3.8, 4) is 0 Å². The number of hydrogen-bond acceptors (Lipinski definition) is 1. The molecule has 1 aromatic rings. The molecule has 0 aliphatic rings. The lowest BCUT2D eigenvalue weighted by Crippen LogP contribution is -2.08. The van der Waals surface area contributed by atoms with Crippen LogP contribution < -0.4 is 5.32 Å². The molecule has 4 heteroatoms. The van der Waals surface area contributed by atoms with Crippen molar-refractivity contribution in [3.05, 3.63) is 29.8 Å². The molecule has 0 aliphatic carbocycles. The Kier molecular flexibility index (Phi) is 4.92. The van der Waals surface area contributed by atoms with Crippen LogP contribution in [0.15, 0.2) is 24.3 Å². The monoisotopic (exact) mass is 201 g/mol. The first-order chi connectivity index (χ1) is 5.74. The molecule has 0 bridgehead atoms. The summed E-state index contributed by atoms with van der Waals surface area (Å²) in [6.45, 7) is 1.99. The molecular weight excluding hydrogens is 190 g/mol. The Morgan fingerprint density at radius 3 is 2.62 bits per heavy atom. The highest BCUT2D eigenvalue weighted by molar-refractivity contribution is 5.85. The Balaban J connectivity index is 0.00000144. The van der Waals surface area contributed by atoms with E-state index in [-0.39, 0.29) is 12.4 Å². The van der Waals surface area contributed by atoms with Gasteiger partial charge in [0, 0.05) is 5.69 Å². The van der Waals surface area contributed by atoms with Gasteiger partial charge in [-0.2, -0.15) is 0 Å². The zero-order valence-electron chi connectivity index (χ0n) is 7.28. The van der Waals surface area contributed by atoms with Crippen LogP contribution >= 0.6 is 12.4 Å². The molecule has 1 rings (SSSR count). The minimum absolute atomic E-state index is 0. The number of para-hydroxylation sites is 1. The summed E-state index contributed by atoms with van der Waals surface area (Å²) in [5, 5.41) is 10.8. The van der Waals surface area contributed by atoms with Gasteiger partial charge in [0.1, 0.15) is 0 Å². The standard InChI is InChI=1S/C9H11NO2.ClH/c1-2-7-5-3-4-6-8(7)10-9(11)12;/h3-6,10H,2H2,1H3,(H,11,12);1H. The molecule has 72 valence electrons. The molecule has 1 aromatic carbocycles. The summed E-state index contributed by atoms with van der Waals surface area (Å²) >= 11 is 0. The van der Waals surface area contributed by atoms with Gasteiger partial charge in [0.25, 0.3) is 0 Å². The third-order valence-electron chi connectivity index (χ3n) is 1.64. The van der Waals surface area contributed by atoms with Crippen LogP contribution in [-0.2, 0) is 6.42 Å². The zero-order valence-corrected chi connectivity index (χ0v) is 8.10. The van der Waals surface area contributed by atoms with Gasteiger partial charge in [-0.1, -0.05) is 25.1 Å². The number of rotatable bonds is 2. The van der Waals surface area contributed by atoms with Crippen LogP contribution in [-0.4, -0.2) is 11.2 Å². The van der Waals surface area contributed by atoms with Crippen LogP contribution in [0.4, 0.5) is 10.5 Å². The minimum Gasteiger partial charge on any atom is -0.465 e. The van der Waals surface area contributed by atoms with Gasteiger partial charge >= 0.3 is 6.09 Å². The van der Waals surface area contributed by atoms with Crippen molar-refractivity contribution in [2.75, 3.05) is 5.32 Å². The van der Waals surface area contributed by atoms with Crippen LogP contribution in [0.1, 0.15) is 12.5 Å². The SMILES string of the molecule is CCc1ccccc1NC(=O)O.Cl. The second kappa shape index (κ2) is 5.43. The van der Waals surface area contributed by atoms with E-state index in [1.807, 2.05) is 25.1 Å². The summed E-state index contributed by atoms with van der Waals surface area (Å²) in [7, 11) is 0. The van der Waals surface area contributed by atoms with Crippen LogP contribution in [0.25, 0.3) is 0 Å². The van der Waals surface area contributed by atoms with Gasteiger partial charge in [-0.15, -0.1) is 12.4 Å². The molecule has 0 fully saturated rings. The van der Waals surface area contributed by atoms with E-state index >= 15 is 0 Å². The molecule has 0 spiro atoms. The molecule has 2 N–H and O–H groups in total. The Morgan fingerprint density at radius 1 is 1.46 bits per heavy atom. The van der Waals surface area contributed by atoms with E-state index in [1.165, 1.54) is 0 Å². The number of carbonyl (C=O) groups is 1. The van der Waals surface area contributed by atoms with E-state index in [0.717, 1.165) is 12.0 Å². The lowest BCUT2D eigenvalue weighted by Gasteiger charge is -2.05. The average molecular weight is 202 g/mol. The summed E-state index contributed by atoms with van der Waals surface area (Å²) in [5.74, 6) is 0. The molecule has 3 nitrogen and oxygen atoms in total. The van der Waals surface area contributed by atoms with Gasteiger partial charge in [-0.05, 0) is 18.1 Å². The van der Waals surface area contributed by atoms with Gasteiger partial charge in [-0.25, -0.2) is 4.79 Å². The van der Waals surface area contributed by atoms with Gasteiger partial charge in [0.05, 0.1) is 0 Å². The van der Waals surface area contributed by atoms with Crippen LogP contribution in [0.2, 0.25) is 0 Å². The maximum absolute atomic E-state index is 10.3. The number of nitrogens with one attached hydrogen (secondary N) is 1. The van der Waals surface area contributed by atoms with E-state index in [9.17, 15) is 4.79 Å². The van der Waals surface area contributed by atoms with E-state index < -0.39 is 6.09 Å². The largest absolute Gasteiger partial charge is 0.465 e. The Labute approximate surface area is 83.2 Å². The van der Waals surface area contributed by atoms with Gasteiger partial charge in [-0.3, -0.25) is 5.32 Å². The molecule has 0 aromatic heterocycles. The van der Waals surface area contributed by atoms with Crippen molar-refractivity contribution >= 4 is 24.2 Å². The topological polar surface area (TPSA) is 49.3 Å². The van der Waals surface area contributed by atoms with Gasteiger partial charge in [0.2, 0.25) is 0 Å². The predicted molar refractivity (Wildman–Crippen MR) is 54.7 cm³/mol. The highest BCUT2D eigenvalue weighted by atomic mass is 35.5. The third-order valence-corrected chi connectivity index (χ3v) is 1.64. The number of amides is 1. The summed E-state index contributed by atoms with van der Waals surface area (Å²) < 4.78 is 0. The molecule has 0 saturated heterocycles. The van der Waals surface area contributed by atoms with Crippen LogP contribution in [0, 0.1) is 0 Å². The van der Waals surface area contributed by atoms with Gasteiger partial charge in [0.15, 0.2) is 0 Å². The first kappa shape index (κ1) is 11.8. The van der Waals surface area contributed by atoms with Crippen molar-refractivity contribution < 1.29 is 9.90 Å². The molecule has 0 heterocycles. The highest BCUT2D eigenvalue weighted by Crippen LogP contribution is 2.14. The number of aryl methyl sites for hydroxylation is 1. The lowest BCUT2D eigenvalue weighted by molar-refractivity contribution is 0.209. The molecule has 13 heavy (non-hydrogen) atoms. The van der Waals surface area contributed by atoms with Crippen LogP contribution in [0.5, 0.6) is 0 Å². The number of halogens is 1. The normalized spacial score (nSPS) is 8.69. The molecule has 0 saturated carbocycles. The molecule has 0 atom stereocenters. The zero-order chi connectivity index (χ0) is 8.97. The summed E-state index contributed by atoms with van der Waals surface area (Å²) in [6.07, 6.45) is -0.188. The number of anilines is 1. The molecule has 1 amide bonds. The number of hydrogen-bond donors (Lipinski definition) is 2. The molecule has 0 aliphatic heterocycles. The predicted octanol–water partition coefficient (Wildman–Crippen LogP) is 2.76. The Bertz CT molecular complexity index is 289. The summed E-state index contributed by atoms with van der Waals surface area (Å²) in [6, 6.07) is 7.37. The quantitative estimate of drug-likeness (QED) is 0.773. The smallest absolute Gasteiger partial charge is 0.409 e. The first-order valence-electron chi connectivity index (χ1n) is 3.82. The van der Waals surface area contributed by atoms with E-state index in [0.29, 0.717) is 5.69 Å². The minimum atomic E-state index is -1.02. The fraction of sp³-hybridized carbons (Fsp3) is 0.222. The average Bonchev–Trinajstić information content (AvgIpc) is 2.04. The van der Waals surface area contributed by atoms with Crippen LogP contribution in [0.3, 0.4) is 0 Å². The third kappa shape index (κ3) is 3.34. The Morgan fingerprint density at radius 2 is 2.08 bits per heavy atom. The van der Waals surface area contributed by atoms with E-state index in [4.69, 9.17) is 5.11 Å². The lowest BCUT2D eigenvalue weighted by atomic mass is 10.1. The van der Waals surface area contributed by atoms with Crippen molar-refractivity contribution in [2.24, 2.45) is 0 Å². The molecule has 0 radical (unpaired) electrons. The maximum Gasteiger partial charge on any atom is 0.409 e. The fourth-order valence-electron chi connectivity index (χ4n) is 1.07. The number of benzene rings is 1. The molecular formula is C9H12ClNO2. The van der Waals surface area contributed by atoms with Crippen molar-refractivity contribution in [1.29, 1.82) is 0 Å². The second-order valence-electron chi connectivity index (χ2n) is 2.44. The van der Waals surface area contributed by atoms with Crippen molar-refractivity contribution in [2.45, 2.75) is 13.3 Å². The maximum atomic E-state index is 10.3. The second-order valence-corrected chi connectivity index (χ2v) is 2.44. The number of carboxylic acid groups (broad SMARTS) is 1. The van der Waals surface area contributed by atoms with E-state index in [2.05, 4.69) is 5.32 Å². The van der Waals surface area contributed by atoms with Gasteiger partial charge < -0.3 is 5.11 Å².